The largest absolute Gasteiger partial charge is 0.0839 e. The van der Waals surface area contributed by atoms with Crippen LogP contribution in [0.4, 0.5) is 0 Å². The van der Waals surface area contributed by atoms with Gasteiger partial charge in [0, 0.05) is 13.6 Å². The van der Waals surface area contributed by atoms with Crippen molar-refractivity contribution in [2.45, 2.75) is 13.3 Å². The number of rotatable bonds is 1. The van der Waals surface area contributed by atoms with Crippen molar-refractivity contribution >= 4 is 45.8 Å². The molecule has 0 saturated carbocycles. The summed E-state index contributed by atoms with van der Waals surface area (Å²) in [6.07, 6.45) is 0.884. The van der Waals surface area contributed by atoms with E-state index in [-0.39, 0.29) is 0 Å². The summed E-state index contributed by atoms with van der Waals surface area (Å²) in [5.74, 6) is 0. The zero-order chi connectivity index (χ0) is 8.43. The van der Waals surface area contributed by atoms with Crippen molar-refractivity contribution in [1.29, 1.82) is 0 Å². The minimum atomic E-state index is 0.768. The molecule has 0 saturated heterocycles. The zero-order valence-electron chi connectivity index (χ0n) is 6.00. The molecule has 0 heterocycles. The van der Waals surface area contributed by atoms with Gasteiger partial charge in [-0.3, -0.25) is 0 Å². The zero-order valence-corrected chi connectivity index (χ0v) is 9.67. The summed E-state index contributed by atoms with van der Waals surface area (Å²) in [4.78, 5) is 0. The predicted octanol–water partition coefficient (Wildman–Crippen LogP) is 4.16. The predicted molar refractivity (Wildman–Crippen MR) is 58.6 cm³/mol. The molecule has 0 radical (unpaired) electrons. The van der Waals surface area contributed by atoms with E-state index < -0.39 is 0 Å². The quantitative estimate of drug-likeness (QED) is 0.683. The highest BCUT2D eigenvalue weighted by Gasteiger charge is 2.04. The second-order valence-electron chi connectivity index (χ2n) is 2.20. The van der Waals surface area contributed by atoms with Crippen LogP contribution in [-0.2, 0) is 6.42 Å². The average molecular weight is 301 g/mol. The topological polar surface area (TPSA) is 0 Å². The Morgan fingerprint density at radius 1 is 1.27 bits per heavy atom. The first-order valence-corrected chi connectivity index (χ1v) is 5.12. The molecular formula is C8H7Cl2I. The van der Waals surface area contributed by atoms with Crippen molar-refractivity contribution in [2.75, 3.05) is 0 Å². The van der Waals surface area contributed by atoms with Gasteiger partial charge in [0.15, 0.2) is 0 Å². The molecule has 60 valence electrons. The fourth-order valence-electron chi connectivity index (χ4n) is 0.910. The second kappa shape index (κ2) is 3.97. The van der Waals surface area contributed by atoms with Crippen molar-refractivity contribution in [3.05, 3.63) is 31.3 Å². The van der Waals surface area contributed by atoms with Gasteiger partial charge in [-0.2, -0.15) is 0 Å². The Hall–Kier alpha value is 0.530. The third-order valence-electron chi connectivity index (χ3n) is 1.46. The van der Waals surface area contributed by atoms with E-state index >= 15 is 0 Å². The standard InChI is InChI=1S/C8H7Cl2I/c1-2-6-7(9)3-5(11)4-8(6)10/h3-4H,2H2,1H3. The number of halogens is 3. The summed E-state index contributed by atoms with van der Waals surface area (Å²) < 4.78 is 1.08. The maximum absolute atomic E-state index is 5.95. The Morgan fingerprint density at radius 3 is 2.09 bits per heavy atom. The number of hydrogen-bond donors (Lipinski definition) is 0. The monoisotopic (exact) mass is 300 g/mol. The third kappa shape index (κ3) is 2.23. The van der Waals surface area contributed by atoms with Gasteiger partial charge >= 0.3 is 0 Å². The van der Waals surface area contributed by atoms with Crippen LogP contribution in [0.25, 0.3) is 0 Å². The highest BCUT2D eigenvalue weighted by Crippen LogP contribution is 2.27. The SMILES string of the molecule is CCc1c(Cl)cc(I)cc1Cl. The van der Waals surface area contributed by atoms with Gasteiger partial charge in [-0.1, -0.05) is 30.1 Å². The van der Waals surface area contributed by atoms with E-state index in [4.69, 9.17) is 23.2 Å². The van der Waals surface area contributed by atoms with Crippen LogP contribution in [0.15, 0.2) is 12.1 Å². The second-order valence-corrected chi connectivity index (χ2v) is 4.26. The van der Waals surface area contributed by atoms with Crippen LogP contribution < -0.4 is 0 Å². The maximum atomic E-state index is 5.95. The summed E-state index contributed by atoms with van der Waals surface area (Å²) in [5, 5.41) is 1.54. The van der Waals surface area contributed by atoms with Gasteiger partial charge in [-0.05, 0) is 46.7 Å². The number of benzene rings is 1. The minimum Gasteiger partial charge on any atom is -0.0839 e. The smallest absolute Gasteiger partial charge is 0.0463 e. The third-order valence-corrected chi connectivity index (χ3v) is 2.76. The molecular weight excluding hydrogens is 294 g/mol. The van der Waals surface area contributed by atoms with E-state index in [0.29, 0.717) is 0 Å². The average Bonchev–Trinajstić information content (AvgIpc) is 1.85. The molecule has 0 bridgehead atoms. The fraction of sp³-hybridized carbons (Fsp3) is 0.250. The molecule has 0 aliphatic heterocycles. The van der Waals surface area contributed by atoms with Crippen molar-refractivity contribution in [3.63, 3.8) is 0 Å². The molecule has 1 aromatic rings. The van der Waals surface area contributed by atoms with Gasteiger partial charge in [0.2, 0.25) is 0 Å². The lowest BCUT2D eigenvalue weighted by Gasteiger charge is -2.03. The van der Waals surface area contributed by atoms with E-state index in [1.807, 2.05) is 19.1 Å². The molecule has 0 aliphatic rings. The Kier molecular flexibility index (Phi) is 3.47. The number of hydrogen-bond acceptors (Lipinski definition) is 0. The first-order chi connectivity index (χ1) is 5.15. The first kappa shape index (κ1) is 9.62. The van der Waals surface area contributed by atoms with Crippen molar-refractivity contribution in [2.24, 2.45) is 0 Å². The van der Waals surface area contributed by atoms with Crippen LogP contribution in [0.3, 0.4) is 0 Å². The van der Waals surface area contributed by atoms with Gasteiger partial charge in [0.1, 0.15) is 0 Å². The summed E-state index contributed by atoms with van der Waals surface area (Å²) in [6.45, 7) is 2.04. The van der Waals surface area contributed by atoms with Crippen LogP contribution in [-0.4, -0.2) is 0 Å². The van der Waals surface area contributed by atoms with Crippen molar-refractivity contribution in [1.82, 2.24) is 0 Å². The van der Waals surface area contributed by atoms with Crippen molar-refractivity contribution in [3.8, 4) is 0 Å². The Labute approximate surface area is 90.0 Å². The van der Waals surface area contributed by atoms with Gasteiger partial charge in [-0.25, -0.2) is 0 Å². The molecule has 1 rings (SSSR count). The lowest BCUT2D eigenvalue weighted by atomic mass is 10.2. The molecule has 11 heavy (non-hydrogen) atoms. The van der Waals surface area contributed by atoms with Gasteiger partial charge in [0.05, 0.1) is 0 Å². The molecule has 0 aromatic heterocycles. The van der Waals surface area contributed by atoms with Crippen LogP contribution in [0, 0.1) is 3.57 Å². The molecule has 0 unspecified atom stereocenters. The highest BCUT2D eigenvalue weighted by molar-refractivity contribution is 14.1. The van der Waals surface area contributed by atoms with E-state index in [2.05, 4.69) is 22.6 Å². The Morgan fingerprint density at radius 2 is 1.73 bits per heavy atom. The fourth-order valence-corrected chi connectivity index (χ4v) is 2.66. The van der Waals surface area contributed by atoms with E-state index in [0.717, 1.165) is 25.6 Å². The molecule has 0 N–H and O–H groups in total. The highest BCUT2D eigenvalue weighted by atomic mass is 127. The van der Waals surface area contributed by atoms with Crippen molar-refractivity contribution < 1.29 is 0 Å². The molecule has 0 spiro atoms. The van der Waals surface area contributed by atoms with Crippen LogP contribution >= 0.6 is 45.8 Å². The van der Waals surface area contributed by atoms with Gasteiger partial charge in [0.25, 0.3) is 0 Å². The molecule has 0 amide bonds. The summed E-state index contributed by atoms with van der Waals surface area (Å²) in [5.41, 5.74) is 1.04. The van der Waals surface area contributed by atoms with Crippen LogP contribution in [0.5, 0.6) is 0 Å². The lowest BCUT2D eigenvalue weighted by molar-refractivity contribution is 1.14. The molecule has 0 nitrogen and oxygen atoms in total. The lowest BCUT2D eigenvalue weighted by Crippen LogP contribution is -1.85. The minimum absolute atomic E-state index is 0.768. The van der Waals surface area contributed by atoms with E-state index in [9.17, 15) is 0 Å². The molecule has 0 atom stereocenters. The van der Waals surface area contributed by atoms with Crippen LogP contribution in [0.1, 0.15) is 12.5 Å². The first-order valence-electron chi connectivity index (χ1n) is 3.28. The maximum Gasteiger partial charge on any atom is 0.0463 e. The van der Waals surface area contributed by atoms with E-state index in [1.165, 1.54) is 0 Å². The normalized spacial score (nSPS) is 10.2. The molecule has 0 fully saturated rings. The molecule has 3 heteroatoms. The summed E-state index contributed by atoms with van der Waals surface area (Å²) >= 11 is 14.1. The van der Waals surface area contributed by atoms with Gasteiger partial charge in [-0.15, -0.1) is 0 Å². The Balaban J connectivity index is 3.25. The Bertz CT molecular complexity index is 248. The molecule has 1 aromatic carbocycles. The van der Waals surface area contributed by atoms with E-state index in [1.54, 1.807) is 0 Å². The molecule has 0 aliphatic carbocycles. The van der Waals surface area contributed by atoms with Crippen LogP contribution in [0.2, 0.25) is 10.0 Å². The summed E-state index contributed by atoms with van der Waals surface area (Å²) in [6, 6.07) is 3.85. The summed E-state index contributed by atoms with van der Waals surface area (Å²) in [7, 11) is 0. The van der Waals surface area contributed by atoms with Gasteiger partial charge < -0.3 is 0 Å².